The number of benzene rings is 2. The second-order valence-electron chi connectivity index (χ2n) is 9.02. The van der Waals surface area contributed by atoms with Crippen molar-refractivity contribution in [2.24, 2.45) is 0 Å². The van der Waals surface area contributed by atoms with Crippen molar-refractivity contribution in [1.82, 2.24) is 19.9 Å². The Morgan fingerprint density at radius 2 is 1.67 bits per heavy atom. The molecule has 5 rings (SSSR count). The highest BCUT2D eigenvalue weighted by atomic mass is 35.5. The first-order valence-electron chi connectivity index (χ1n) is 11.8. The highest BCUT2D eigenvalue weighted by Gasteiger charge is 2.24. The lowest BCUT2D eigenvalue weighted by molar-refractivity contribution is 0.102. The van der Waals surface area contributed by atoms with Gasteiger partial charge in [0.2, 0.25) is 0 Å². The normalized spacial score (nSPS) is 17.0. The van der Waals surface area contributed by atoms with Crippen molar-refractivity contribution < 1.29 is 4.79 Å². The third-order valence-corrected chi connectivity index (χ3v) is 6.88. The van der Waals surface area contributed by atoms with Gasteiger partial charge in [-0.25, -0.2) is 0 Å². The van der Waals surface area contributed by atoms with Gasteiger partial charge in [0.25, 0.3) is 5.91 Å². The van der Waals surface area contributed by atoms with Crippen molar-refractivity contribution in [2.45, 2.75) is 57.9 Å². The lowest BCUT2D eigenvalue weighted by Crippen LogP contribution is -2.38. The zero-order chi connectivity index (χ0) is 21.9. The molecule has 1 fully saturated rings. The van der Waals surface area contributed by atoms with Crippen LogP contribution in [-0.2, 0) is 12.8 Å². The summed E-state index contributed by atoms with van der Waals surface area (Å²) < 4.78 is 0. The lowest BCUT2D eigenvalue weighted by atomic mass is 9.94. The Morgan fingerprint density at radius 3 is 2.42 bits per heavy atom. The molecule has 174 valence electrons. The van der Waals surface area contributed by atoms with Gasteiger partial charge in [0.15, 0.2) is 5.69 Å². The van der Waals surface area contributed by atoms with Crippen molar-refractivity contribution in [1.29, 1.82) is 0 Å². The van der Waals surface area contributed by atoms with Crippen LogP contribution in [-0.4, -0.2) is 44.9 Å². The summed E-state index contributed by atoms with van der Waals surface area (Å²) in [4.78, 5) is 17.2. The molecule has 33 heavy (non-hydrogen) atoms. The number of amides is 1. The predicted molar refractivity (Wildman–Crippen MR) is 134 cm³/mol. The SMILES string of the molecule is Cc1nn(-c2ccccc2)nc1C(=O)Nc1ccc2c(c1)CCN(C1CCCCC1)CC2.Cl. The van der Waals surface area contributed by atoms with Crippen LogP contribution in [0.4, 0.5) is 5.69 Å². The molecule has 2 heterocycles. The van der Waals surface area contributed by atoms with Gasteiger partial charge in [0.05, 0.1) is 11.4 Å². The Balaban J connectivity index is 0.00000259. The highest BCUT2D eigenvalue weighted by Crippen LogP contribution is 2.27. The van der Waals surface area contributed by atoms with Crippen molar-refractivity contribution in [3.05, 3.63) is 71.0 Å². The lowest BCUT2D eigenvalue weighted by Gasteiger charge is -2.33. The third-order valence-electron chi connectivity index (χ3n) is 6.88. The molecule has 1 amide bonds. The van der Waals surface area contributed by atoms with E-state index in [-0.39, 0.29) is 18.3 Å². The highest BCUT2D eigenvalue weighted by molar-refractivity contribution is 6.03. The van der Waals surface area contributed by atoms with Gasteiger partial charge in [-0.1, -0.05) is 43.5 Å². The average molecular weight is 466 g/mol. The quantitative estimate of drug-likeness (QED) is 0.590. The van der Waals surface area contributed by atoms with Gasteiger partial charge in [-0.2, -0.15) is 9.90 Å². The van der Waals surface area contributed by atoms with Crippen LogP contribution in [0.2, 0.25) is 0 Å². The number of aryl methyl sites for hydroxylation is 1. The summed E-state index contributed by atoms with van der Waals surface area (Å²) in [6, 6.07) is 16.8. The molecule has 1 N–H and O–H groups in total. The number of para-hydroxylation sites is 1. The predicted octanol–water partition coefficient (Wildman–Crippen LogP) is 4.98. The molecule has 7 heteroatoms. The molecule has 0 unspecified atom stereocenters. The number of fused-ring (bicyclic) bond motifs is 1. The van der Waals surface area contributed by atoms with Gasteiger partial charge >= 0.3 is 0 Å². The molecule has 2 aromatic carbocycles. The minimum absolute atomic E-state index is 0. The number of hydrogen-bond acceptors (Lipinski definition) is 4. The Labute approximate surface area is 201 Å². The van der Waals surface area contributed by atoms with Gasteiger partial charge in [0.1, 0.15) is 0 Å². The number of halogens is 1. The minimum atomic E-state index is -0.220. The summed E-state index contributed by atoms with van der Waals surface area (Å²) in [6.45, 7) is 4.07. The maximum atomic E-state index is 12.9. The van der Waals surface area contributed by atoms with Gasteiger partial charge in [-0.15, -0.1) is 17.5 Å². The molecular weight excluding hydrogens is 434 g/mol. The van der Waals surface area contributed by atoms with Crippen molar-refractivity contribution in [2.75, 3.05) is 18.4 Å². The van der Waals surface area contributed by atoms with Crippen LogP contribution >= 0.6 is 12.4 Å². The van der Waals surface area contributed by atoms with Crippen molar-refractivity contribution in [3.8, 4) is 5.69 Å². The van der Waals surface area contributed by atoms with Crippen LogP contribution < -0.4 is 5.32 Å². The van der Waals surface area contributed by atoms with E-state index in [9.17, 15) is 4.79 Å². The van der Waals surface area contributed by atoms with E-state index in [1.165, 1.54) is 48.0 Å². The van der Waals surface area contributed by atoms with Crippen molar-refractivity contribution in [3.63, 3.8) is 0 Å². The minimum Gasteiger partial charge on any atom is -0.321 e. The summed E-state index contributed by atoms with van der Waals surface area (Å²) in [5, 5.41) is 11.9. The number of nitrogens with one attached hydrogen (secondary N) is 1. The molecule has 2 aliphatic rings. The molecule has 1 saturated carbocycles. The molecular formula is C26H32ClN5O. The molecule has 0 atom stereocenters. The molecule has 1 aliphatic carbocycles. The maximum Gasteiger partial charge on any atom is 0.278 e. The summed E-state index contributed by atoms with van der Waals surface area (Å²) in [6.07, 6.45) is 8.97. The van der Waals surface area contributed by atoms with E-state index in [4.69, 9.17) is 0 Å². The molecule has 6 nitrogen and oxygen atoms in total. The second kappa shape index (κ2) is 10.5. The monoisotopic (exact) mass is 465 g/mol. The van der Waals surface area contributed by atoms with Crippen LogP contribution in [0.5, 0.6) is 0 Å². The largest absolute Gasteiger partial charge is 0.321 e. The summed E-state index contributed by atoms with van der Waals surface area (Å²) >= 11 is 0. The number of anilines is 1. The standard InChI is InChI=1S/C26H31N5O.ClH/c1-19-25(29-31(28-19)24-10-6-3-7-11-24)26(32)27-22-13-12-20-14-16-30(17-15-21(20)18-22)23-8-4-2-5-9-23;/h3,6-7,10-13,18,23H,2,4-5,8-9,14-17H2,1H3,(H,27,32);1H. The number of carbonyl (C=O) groups excluding carboxylic acids is 1. The topological polar surface area (TPSA) is 63.1 Å². The van der Waals surface area contributed by atoms with Crippen LogP contribution in [0, 0.1) is 6.92 Å². The number of hydrogen-bond donors (Lipinski definition) is 1. The van der Waals surface area contributed by atoms with E-state index >= 15 is 0 Å². The molecule has 0 radical (unpaired) electrons. The molecule has 1 aliphatic heterocycles. The molecule has 3 aromatic rings. The smallest absolute Gasteiger partial charge is 0.278 e. The third kappa shape index (κ3) is 5.28. The Kier molecular flexibility index (Phi) is 7.46. The van der Waals surface area contributed by atoms with Gasteiger partial charge in [0, 0.05) is 24.8 Å². The number of aromatic nitrogens is 3. The first-order chi connectivity index (χ1) is 15.7. The second-order valence-corrected chi connectivity index (χ2v) is 9.02. The van der Waals surface area contributed by atoms with Gasteiger partial charge in [-0.05, 0) is 68.0 Å². The first kappa shape index (κ1) is 23.5. The van der Waals surface area contributed by atoms with E-state index in [0.29, 0.717) is 11.4 Å². The van der Waals surface area contributed by atoms with Gasteiger partial charge in [-0.3, -0.25) is 9.69 Å². The van der Waals surface area contributed by atoms with E-state index < -0.39 is 0 Å². The maximum absolute atomic E-state index is 12.9. The van der Waals surface area contributed by atoms with E-state index in [0.717, 1.165) is 43.3 Å². The Bertz CT molecular complexity index is 1090. The van der Waals surface area contributed by atoms with E-state index in [2.05, 4.69) is 32.5 Å². The molecule has 0 saturated heterocycles. The Hall–Kier alpha value is -2.70. The summed E-state index contributed by atoms with van der Waals surface area (Å²) in [7, 11) is 0. The van der Waals surface area contributed by atoms with Crippen LogP contribution in [0.25, 0.3) is 5.69 Å². The van der Waals surface area contributed by atoms with Crippen LogP contribution in [0.15, 0.2) is 48.5 Å². The zero-order valence-corrected chi connectivity index (χ0v) is 20.0. The average Bonchev–Trinajstić information content (AvgIpc) is 3.10. The number of nitrogens with zero attached hydrogens (tertiary/aromatic N) is 4. The molecule has 0 spiro atoms. The Morgan fingerprint density at radius 1 is 0.939 bits per heavy atom. The first-order valence-corrected chi connectivity index (χ1v) is 11.8. The molecule has 1 aromatic heterocycles. The van der Waals surface area contributed by atoms with Crippen LogP contribution in [0.3, 0.4) is 0 Å². The van der Waals surface area contributed by atoms with E-state index in [1.54, 1.807) is 0 Å². The summed E-state index contributed by atoms with van der Waals surface area (Å²) in [5.41, 5.74) is 5.39. The van der Waals surface area contributed by atoms with Crippen molar-refractivity contribution >= 4 is 24.0 Å². The molecule has 0 bridgehead atoms. The fraction of sp³-hybridized carbons (Fsp3) is 0.423. The fourth-order valence-corrected chi connectivity index (χ4v) is 5.09. The summed E-state index contributed by atoms with van der Waals surface area (Å²) in [5.74, 6) is -0.220. The van der Waals surface area contributed by atoms with Crippen LogP contribution in [0.1, 0.15) is 59.4 Å². The van der Waals surface area contributed by atoms with E-state index in [1.807, 2.05) is 43.3 Å². The zero-order valence-electron chi connectivity index (χ0n) is 19.2. The number of carbonyl (C=O) groups is 1. The van der Waals surface area contributed by atoms with Gasteiger partial charge < -0.3 is 5.32 Å². The fourth-order valence-electron chi connectivity index (χ4n) is 5.09. The number of rotatable bonds is 4.